The van der Waals surface area contributed by atoms with Crippen molar-refractivity contribution < 1.29 is 0 Å². The minimum absolute atomic E-state index is 0.588. The molecule has 3 nitrogen and oxygen atoms in total. The molecule has 0 aliphatic carbocycles. The molecule has 1 aliphatic rings. The van der Waals surface area contributed by atoms with Crippen LogP contribution >= 0.6 is 0 Å². The molecule has 2 heterocycles. The van der Waals surface area contributed by atoms with Gasteiger partial charge in [0.2, 0.25) is 0 Å². The second kappa shape index (κ2) is 6.19. The quantitative estimate of drug-likeness (QED) is 0.889. The fourth-order valence-electron chi connectivity index (χ4n) is 2.99. The molecule has 1 aromatic heterocycles. The molecule has 0 radical (unpaired) electrons. The molecule has 1 aliphatic heterocycles. The van der Waals surface area contributed by atoms with Crippen molar-refractivity contribution in [3.05, 3.63) is 23.4 Å². The third kappa shape index (κ3) is 2.66. The summed E-state index contributed by atoms with van der Waals surface area (Å²) in [6, 6.07) is 2.72. The van der Waals surface area contributed by atoms with E-state index >= 15 is 0 Å². The largest absolute Gasteiger partial charge is 0.353 e. The minimum atomic E-state index is 0.588. The smallest absolute Gasteiger partial charge is 0.133 e. The van der Waals surface area contributed by atoms with Crippen molar-refractivity contribution in [1.82, 2.24) is 4.98 Å². The average Bonchev–Trinajstić information content (AvgIpc) is 2.39. The Kier molecular flexibility index (Phi) is 4.59. The van der Waals surface area contributed by atoms with Gasteiger partial charge in [0, 0.05) is 30.9 Å². The molecule has 0 bridgehead atoms. The molecular weight excluding hydrogens is 222 g/mol. The highest BCUT2D eigenvalue weighted by Crippen LogP contribution is 2.29. The van der Waals surface area contributed by atoms with Gasteiger partial charge in [-0.1, -0.05) is 13.3 Å². The third-order valence-electron chi connectivity index (χ3n) is 3.99. The van der Waals surface area contributed by atoms with Gasteiger partial charge in [-0.3, -0.25) is 0 Å². The maximum atomic E-state index is 5.91. The Morgan fingerprint density at radius 3 is 3.00 bits per heavy atom. The van der Waals surface area contributed by atoms with Gasteiger partial charge in [0.15, 0.2) is 0 Å². The first-order chi connectivity index (χ1) is 8.77. The normalized spacial score (nSPS) is 20.2. The van der Waals surface area contributed by atoms with Crippen LogP contribution in [-0.2, 0) is 6.54 Å². The first-order valence-electron chi connectivity index (χ1n) is 7.19. The number of aromatic nitrogens is 1. The van der Waals surface area contributed by atoms with Gasteiger partial charge in [0.25, 0.3) is 0 Å². The topological polar surface area (TPSA) is 42.2 Å². The molecule has 1 aromatic rings. The second-order valence-corrected chi connectivity index (χ2v) is 5.27. The maximum absolute atomic E-state index is 5.91. The van der Waals surface area contributed by atoms with Gasteiger partial charge in [-0.05, 0) is 44.2 Å². The Hall–Kier alpha value is -1.09. The van der Waals surface area contributed by atoms with Crippen LogP contribution in [0.2, 0.25) is 0 Å². The van der Waals surface area contributed by atoms with E-state index in [1.54, 1.807) is 0 Å². The molecule has 1 atom stereocenters. The van der Waals surface area contributed by atoms with Crippen LogP contribution in [0.5, 0.6) is 0 Å². The fraction of sp³-hybridized carbons (Fsp3) is 0.667. The Morgan fingerprint density at radius 2 is 2.28 bits per heavy atom. The number of anilines is 1. The van der Waals surface area contributed by atoms with E-state index < -0.39 is 0 Å². The van der Waals surface area contributed by atoms with Crippen LogP contribution in [0.25, 0.3) is 0 Å². The van der Waals surface area contributed by atoms with Crippen LogP contribution in [-0.4, -0.2) is 17.6 Å². The Balaban J connectivity index is 2.30. The first kappa shape index (κ1) is 13.3. The van der Waals surface area contributed by atoms with Crippen molar-refractivity contribution in [1.29, 1.82) is 0 Å². The molecule has 1 saturated heterocycles. The Labute approximate surface area is 110 Å². The molecular formula is C15H25N3. The van der Waals surface area contributed by atoms with E-state index in [9.17, 15) is 0 Å². The highest BCUT2D eigenvalue weighted by molar-refractivity contribution is 5.51. The number of nitrogens with zero attached hydrogens (tertiary/aromatic N) is 2. The highest BCUT2D eigenvalue weighted by atomic mass is 15.2. The molecule has 1 unspecified atom stereocenters. The van der Waals surface area contributed by atoms with Gasteiger partial charge in [-0.15, -0.1) is 0 Å². The Morgan fingerprint density at radius 1 is 1.44 bits per heavy atom. The molecule has 0 saturated carbocycles. The molecule has 0 aromatic carbocycles. The van der Waals surface area contributed by atoms with E-state index in [1.165, 1.54) is 43.2 Å². The lowest BCUT2D eigenvalue weighted by molar-refractivity contribution is 0.431. The molecule has 2 N–H and O–H groups in total. The summed E-state index contributed by atoms with van der Waals surface area (Å²) in [6.07, 6.45) is 8.35. The predicted molar refractivity (Wildman–Crippen MR) is 76.8 cm³/mol. The van der Waals surface area contributed by atoms with Crippen molar-refractivity contribution in [2.45, 2.75) is 58.5 Å². The summed E-state index contributed by atoms with van der Waals surface area (Å²) in [5, 5.41) is 0. The van der Waals surface area contributed by atoms with Crippen molar-refractivity contribution in [3.8, 4) is 0 Å². The summed E-state index contributed by atoms with van der Waals surface area (Å²) >= 11 is 0. The molecule has 0 amide bonds. The van der Waals surface area contributed by atoms with E-state index in [2.05, 4.69) is 29.8 Å². The molecule has 2 rings (SSSR count). The van der Waals surface area contributed by atoms with Gasteiger partial charge in [-0.25, -0.2) is 4.98 Å². The second-order valence-electron chi connectivity index (χ2n) is 5.27. The van der Waals surface area contributed by atoms with E-state index in [1.807, 2.05) is 6.20 Å². The van der Waals surface area contributed by atoms with Crippen LogP contribution in [0.4, 0.5) is 5.82 Å². The van der Waals surface area contributed by atoms with E-state index in [4.69, 9.17) is 5.73 Å². The SMILES string of the molecule is CCCC1CCCCN1c1nccc(C)c1CN. The van der Waals surface area contributed by atoms with Gasteiger partial charge in [-0.2, -0.15) is 0 Å². The molecule has 18 heavy (non-hydrogen) atoms. The van der Waals surface area contributed by atoms with Crippen molar-refractivity contribution in [2.75, 3.05) is 11.4 Å². The maximum Gasteiger partial charge on any atom is 0.133 e. The van der Waals surface area contributed by atoms with Crippen LogP contribution in [0.15, 0.2) is 12.3 Å². The molecule has 3 heteroatoms. The number of nitrogens with two attached hydrogens (primary N) is 1. The van der Waals surface area contributed by atoms with Gasteiger partial charge in [0.1, 0.15) is 5.82 Å². The summed E-state index contributed by atoms with van der Waals surface area (Å²) in [5.74, 6) is 1.13. The lowest BCUT2D eigenvalue weighted by atomic mass is 9.97. The average molecular weight is 247 g/mol. The Bertz CT molecular complexity index is 387. The summed E-state index contributed by atoms with van der Waals surface area (Å²) in [5.41, 5.74) is 8.40. The summed E-state index contributed by atoms with van der Waals surface area (Å²) < 4.78 is 0. The van der Waals surface area contributed by atoms with Crippen LogP contribution < -0.4 is 10.6 Å². The predicted octanol–water partition coefficient (Wildman–Crippen LogP) is 3.01. The summed E-state index contributed by atoms with van der Waals surface area (Å²) in [6.45, 7) is 6.12. The zero-order chi connectivity index (χ0) is 13.0. The van der Waals surface area contributed by atoms with Gasteiger partial charge < -0.3 is 10.6 Å². The summed E-state index contributed by atoms with van der Waals surface area (Å²) in [4.78, 5) is 7.11. The number of hydrogen-bond donors (Lipinski definition) is 1. The van der Waals surface area contributed by atoms with Gasteiger partial charge >= 0.3 is 0 Å². The summed E-state index contributed by atoms with van der Waals surface area (Å²) in [7, 11) is 0. The number of hydrogen-bond acceptors (Lipinski definition) is 3. The minimum Gasteiger partial charge on any atom is -0.353 e. The van der Waals surface area contributed by atoms with E-state index in [0.29, 0.717) is 12.6 Å². The first-order valence-corrected chi connectivity index (χ1v) is 7.19. The van der Waals surface area contributed by atoms with Crippen LogP contribution in [0.1, 0.15) is 50.2 Å². The van der Waals surface area contributed by atoms with Crippen LogP contribution in [0.3, 0.4) is 0 Å². The zero-order valence-electron chi connectivity index (χ0n) is 11.7. The van der Waals surface area contributed by atoms with E-state index in [0.717, 1.165) is 12.4 Å². The van der Waals surface area contributed by atoms with Gasteiger partial charge in [0.05, 0.1) is 0 Å². The fourth-order valence-corrected chi connectivity index (χ4v) is 2.99. The molecule has 0 spiro atoms. The van der Waals surface area contributed by atoms with Crippen LogP contribution in [0, 0.1) is 6.92 Å². The van der Waals surface area contributed by atoms with Crippen molar-refractivity contribution >= 4 is 5.82 Å². The lowest BCUT2D eigenvalue weighted by Crippen LogP contribution is -2.40. The van der Waals surface area contributed by atoms with Crippen molar-refractivity contribution in [3.63, 3.8) is 0 Å². The monoisotopic (exact) mass is 247 g/mol. The number of pyridine rings is 1. The van der Waals surface area contributed by atoms with E-state index in [-0.39, 0.29) is 0 Å². The number of rotatable bonds is 4. The molecule has 1 fully saturated rings. The number of aryl methyl sites for hydroxylation is 1. The van der Waals surface area contributed by atoms with Crippen molar-refractivity contribution in [2.24, 2.45) is 5.73 Å². The number of piperidine rings is 1. The standard InChI is InChI=1S/C15H25N3/c1-3-6-13-7-4-5-10-18(13)15-14(11-16)12(2)8-9-17-15/h8-9,13H,3-7,10-11,16H2,1-2H3. The molecule has 100 valence electrons. The highest BCUT2D eigenvalue weighted by Gasteiger charge is 2.24. The lowest BCUT2D eigenvalue weighted by Gasteiger charge is -2.38. The third-order valence-corrected chi connectivity index (χ3v) is 3.99. The zero-order valence-corrected chi connectivity index (χ0v) is 11.7.